The first-order valence-electron chi connectivity index (χ1n) is 28.4. The predicted octanol–water partition coefficient (Wildman–Crippen LogP) is 6.42. The first-order chi connectivity index (χ1) is 41.4. The molecule has 1 fully saturated rings. The van der Waals surface area contributed by atoms with E-state index in [0.717, 1.165) is 22.5 Å². The monoisotopic (exact) mass is 1390 g/mol. The first kappa shape index (κ1) is 73.9. The number of halogens is 3. The molecule has 13 N–H and O–H groups in total. The molecule has 1 saturated heterocycles. The van der Waals surface area contributed by atoms with Gasteiger partial charge in [-0.25, -0.2) is 9.59 Å². The van der Waals surface area contributed by atoms with Crippen LogP contribution in [0.1, 0.15) is 120 Å². The van der Waals surface area contributed by atoms with Crippen LogP contribution >= 0.6 is 37.8 Å². The molecule has 0 bridgehead atoms. The number of aliphatic hydroxyl groups is 1. The van der Waals surface area contributed by atoms with Crippen LogP contribution in [0, 0.1) is 9.49 Å². The zero-order valence-electron chi connectivity index (χ0n) is 49.0. The number of esters is 2. The number of rotatable bonds is 36. The third-order valence-corrected chi connectivity index (χ3v) is 18.3. The molecule has 0 saturated carbocycles. The van der Waals surface area contributed by atoms with Crippen molar-refractivity contribution in [1.29, 1.82) is 0 Å². The number of guanidine groups is 1. The molecule has 4 atom stereocenters. The molecule has 26 nitrogen and oxygen atoms in total. The zero-order chi connectivity index (χ0) is 65.2. The van der Waals surface area contributed by atoms with Crippen LogP contribution in [-0.4, -0.2) is 133 Å². The summed E-state index contributed by atoms with van der Waals surface area (Å²) >= 11 is 1.99. The van der Waals surface area contributed by atoms with Gasteiger partial charge in [0.05, 0.1) is 19.1 Å². The van der Waals surface area contributed by atoms with Crippen LogP contribution in [0.2, 0.25) is 0 Å². The summed E-state index contributed by atoms with van der Waals surface area (Å²) in [5.41, 5.74) is 12.1. The summed E-state index contributed by atoms with van der Waals surface area (Å²) in [6.45, 7) is 5.22. The van der Waals surface area contributed by atoms with Gasteiger partial charge in [0.15, 0.2) is 12.1 Å². The lowest BCUT2D eigenvalue weighted by Gasteiger charge is -2.29. The van der Waals surface area contributed by atoms with Crippen LogP contribution in [-0.2, 0) is 77.6 Å². The molecule has 0 aromatic heterocycles. The lowest BCUT2D eigenvalue weighted by molar-refractivity contribution is -0.167. The average molecular weight is 1390 g/mol. The summed E-state index contributed by atoms with van der Waals surface area (Å²) in [6.07, 6.45) is 0.881. The molecule has 0 spiro atoms. The van der Waals surface area contributed by atoms with Crippen molar-refractivity contribution in [2.45, 2.75) is 153 Å². The third kappa shape index (κ3) is 24.8. The number of aliphatic imine (C=N–C) groups is 1. The van der Waals surface area contributed by atoms with E-state index in [4.69, 9.17) is 30.4 Å². The highest BCUT2D eigenvalue weighted by atomic mass is 127. The smallest absolute Gasteiger partial charge is 0.408 e. The van der Waals surface area contributed by atoms with E-state index in [1.54, 1.807) is 24.0 Å². The molecule has 0 radical (unpaired) electrons. The highest BCUT2D eigenvalue weighted by Crippen LogP contribution is 2.69. The van der Waals surface area contributed by atoms with Gasteiger partial charge in [0.2, 0.25) is 17.7 Å². The van der Waals surface area contributed by atoms with Crippen LogP contribution in [0.3, 0.4) is 0 Å². The molecule has 5 amide bonds. The Kier molecular flexibility index (Phi) is 29.9. The lowest BCUT2D eigenvalue weighted by Crippen LogP contribution is -2.53. The van der Waals surface area contributed by atoms with E-state index < -0.39 is 99.7 Å². The molecule has 31 heteroatoms. The molecular formula is C57H79F2IN8O18P2. The number of alkyl carbamates (subject to hydrolysis) is 2. The summed E-state index contributed by atoms with van der Waals surface area (Å²) in [4.78, 5) is 134. The predicted molar refractivity (Wildman–Crippen MR) is 327 cm³/mol. The normalized spacial score (nSPS) is 14.8. The standard InChI is InChI=1S/C57H79F2IN8O18P2/c1-4-83-49(70)12-7-5-6-8-32-68-44(26-28-48(68)69)25-27-47(57(58,59)41-19-21-42(60)22-20-41)86-50(71)34-38-13-15-39(16-14-38)36-85-55(75)67-46(33-37(2)3)52(73)66-45(11-9-30-63-53(61)62)51(72)65-43-23-17-40(18-24-43)35-84-54(74)64-31-10-29-56(76,87(77,78)79)88(80,81)82/h13-25,27,37,44-47,76H,4-12,26,28-36H2,1-3H3,(H,64,74)(H,65,72)(H,66,73)(H,67,75)(H4,61,62,63)(H2,77,78,79)(H2,80,81,82)/b27-25+/t44-,45-,46?,47+/m0/s1. The highest BCUT2D eigenvalue weighted by molar-refractivity contribution is 14.1. The quantitative estimate of drug-likeness (QED) is 0.00437. The number of benzene rings is 3. The van der Waals surface area contributed by atoms with Crippen molar-refractivity contribution in [3.05, 3.63) is 111 Å². The first-order valence-corrected chi connectivity index (χ1v) is 32.7. The van der Waals surface area contributed by atoms with Gasteiger partial charge < -0.3 is 81.3 Å². The van der Waals surface area contributed by atoms with E-state index in [1.807, 2.05) is 36.4 Å². The Labute approximate surface area is 522 Å². The molecule has 1 aliphatic rings. The molecule has 1 aliphatic heterocycles. The molecule has 1 heterocycles. The van der Waals surface area contributed by atoms with Crippen molar-refractivity contribution < 1.29 is 95.1 Å². The number of carbonyl (C=O) groups is 7. The maximum atomic E-state index is 16.3. The number of hydrogen-bond donors (Lipinski definition) is 11. The number of ether oxygens (including phenoxy) is 4. The minimum Gasteiger partial charge on any atom is -0.466 e. The Morgan fingerprint density at radius 1 is 0.784 bits per heavy atom. The number of carbonyl (C=O) groups excluding carboxylic acids is 7. The molecule has 3 aromatic carbocycles. The minimum atomic E-state index is -5.66. The Bertz CT molecular complexity index is 2940. The van der Waals surface area contributed by atoms with Crippen LogP contribution in [0.5, 0.6) is 0 Å². The number of amides is 5. The molecule has 88 heavy (non-hydrogen) atoms. The maximum Gasteiger partial charge on any atom is 0.408 e. The minimum absolute atomic E-state index is 0.0455. The fraction of sp³-hybridized carbons (Fsp3) is 0.509. The molecule has 486 valence electrons. The average Bonchev–Trinajstić information content (AvgIpc) is 2.60. The number of hydrogen-bond acceptors (Lipinski definition) is 15. The van der Waals surface area contributed by atoms with Crippen molar-refractivity contribution in [1.82, 2.24) is 20.9 Å². The van der Waals surface area contributed by atoms with Gasteiger partial charge in [-0.2, -0.15) is 8.78 Å². The number of nitrogens with zero attached hydrogens (tertiary/aromatic N) is 2. The number of nitrogens with two attached hydrogens (primary N) is 2. The van der Waals surface area contributed by atoms with Crippen LogP contribution in [0.4, 0.5) is 24.1 Å². The Morgan fingerprint density at radius 3 is 1.99 bits per heavy atom. The van der Waals surface area contributed by atoms with E-state index in [1.165, 1.54) is 66.7 Å². The van der Waals surface area contributed by atoms with Crippen molar-refractivity contribution in [2.75, 3.05) is 31.6 Å². The summed E-state index contributed by atoms with van der Waals surface area (Å²) in [5.74, 6) is -6.70. The second-order valence-electron chi connectivity index (χ2n) is 21.1. The van der Waals surface area contributed by atoms with Gasteiger partial charge in [0.1, 0.15) is 25.3 Å². The van der Waals surface area contributed by atoms with Crippen LogP contribution in [0.15, 0.2) is 89.9 Å². The Hall–Kier alpha value is -6.59. The second-order valence-corrected chi connectivity index (χ2v) is 26.4. The number of unbranched alkanes of at least 4 members (excludes halogenated alkanes) is 3. The van der Waals surface area contributed by atoms with E-state index >= 15 is 8.78 Å². The number of nitrogens with one attached hydrogen (secondary N) is 4. The summed E-state index contributed by atoms with van der Waals surface area (Å²) in [5, 5.41) is 16.5. The van der Waals surface area contributed by atoms with Gasteiger partial charge >= 0.3 is 45.2 Å². The Balaban J connectivity index is 1.33. The van der Waals surface area contributed by atoms with E-state index in [-0.39, 0.29) is 87.0 Å². The van der Waals surface area contributed by atoms with Gasteiger partial charge in [-0.1, -0.05) is 81.3 Å². The molecule has 3 aromatic rings. The summed E-state index contributed by atoms with van der Waals surface area (Å²) < 4.78 is 77.4. The lowest BCUT2D eigenvalue weighted by atomic mass is 10.0. The Morgan fingerprint density at radius 2 is 1.39 bits per heavy atom. The van der Waals surface area contributed by atoms with Gasteiger partial charge in [0, 0.05) is 53.7 Å². The van der Waals surface area contributed by atoms with Gasteiger partial charge in [-0.05, 0) is 127 Å². The van der Waals surface area contributed by atoms with Crippen molar-refractivity contribution in [3.8, 4) is 0 Å². The topological polar surface area (TPSA) is 407 Å². The fourth-order valence-corrected chi connectivity index (χ4v) is 11.6. The van der Waals surface area contributed by atoms with E-state index in [0.29, 0.717) is 55.5 Å². The largest absolute Gasteiger partial charge is 0.466 e. The highest BCUT2D eigenvalue weighted by Gasteiger charge is 2.58. The molecule has 1 unspecified atom stereocenters. The van der Waals surface area contributed by atoms with Gasteiger partial charge in [-0.3, -0.25) is 38.1 Å². The molecule has 0 aliphatic carbocycles. The van der Waals surface area contributed by atoms with Gasteiger partial charge in [-0.15, -0.1) is 0 Å². The van der Waals surface area contributed by atoms with Crippen LogP contribution < -0.4 is 32.7 Å². The number of anilines is 1. The third-order valence-electron chi connectivity index (χ3n) is 13.7. The summed E-state index contributed by atoms with van der Waals surface area (Å²) in [7, 11) is -11.3. The van der Waals surface area contributed by atoms with Gasteiger partial charge in [0.25, 0.3) is 5.08 Å². The number of likely N-dealkylation sites (tertiary alicyclic amines) is 1. The second kappa shape index (κ2) is 35.6. The maximum absolute atomic E-state index is 16.3. The van der Waals surface area contributed by atoms with Crippen molar-refractivity contribution in [3.63, 3.8) is 0 Å². The zero-order valence-corrected chi connectivity index (χ0v) is 53.0. The molecular weight excluding hydrogens is 1310 g/mol. The van der Waals surface area contributed by atoms with Crippen molar-refractivity contribution in [2.24, 2.45) is 22.4 Å². The van der Waals surface area contributed by atoms with E-state index in [2.05, 4.69) is 26.3 Å². The van der Waals surface area contributed by atoms with E-state index in [9.17, 15) is 67.4 Å². The SMILES string of the molecule is CCOC(=O)CCCCCCN1C(=O)CC[C@@H]1/C=C/[C@@H](OC(=O)Cc1ccc(COC(=O)NC(CC(C)C)C(=O)N[C@@H](CCCN=C(N)N)C(=O)Nc2ccc(COC(=O)NCCCC(O)(P(=O)(O)O)P(=O)(O)O)cc2)cc1)C(F)(F)c1ccc(I)cc1. The van der Waals surface area contributed by atoms with Crippen molar-refractivity contribution >= 4 is 91.3 Å². The summed E-state index contributed by atoms with van der Waals surface area (Å²) in [6, 6.07) is 14.8. The number of alkyl halides is 2. The molecule has 4 rings (SSSR count). The van der Waals surface area contributed by atoms with Crippen LogP contribution in [0.25, 0.3) is 0 Å². The fourth-order valence-electron chi connectivity index (χ4n) is 8.96.